The Balaban J connectivity index is 1.87. The van der Waals surface area contributed by atoms with E-state index in [0.717, 1.165) is 17.8 Å². The predicted molar refractivity (Wildman–Crippen MR) is 121 cm³/mol. The summed E-state index contributed by atoms with van der Waals surface area (Å²) in [7, 11) is -0.818. The Morgan fingerprint density at radius 2 is 0.846 bits per heavy atom. The summed E-state index contributed by atoms with van der Waals surface area (Å²) in [5.41, 5.74) is 3.51. The van der Waals surface area contributed by atoms with Crippen molar-refractivity contribution in [1.82, 2.24) is 0 Å². The second-order valence-electron chi connectivity index (χ2n) is 10.8. The highest BCUT2D eigenvalue weighted by atomic mass is 31.2. The molecule has 0 unspecified atom stereocenters. The molecule has 1 heteroatoms. The van der Waals surface area contributed by atoms with Crippen LogP contribution in [0.5, 0.6) is 0 Å². The molecule has 0 radical (unpaired) electrons. The summed E-state index contributed by atoms with van der Waals surface area (Å²) in [5.74, 6) is 3.03. The second-order valence-corrected chi connectivity index (χ2v) is 15.4. The van der Waals surface area contributed by atoms with E-state index in [9.17, 15) is 0 Å². The smallest absolute Gasteiger partial charge is 0.0652 e. The summed E-state index contributed by atoms with van der Waals surface area (Å²) >= 11 is 0. The normalized spacial score (nSPS) is 41.5. The van der Waals surface area contributed by atoms with Crippen LogP contribution in [0.3, 0.4) is 0 Å². The van der Waals surface area contributed by atoms with E-state index in [0.29, 0.717) is 0 Å². The average molecular weight is 380 g/mol. The largest absolute Gasteiger partial charge is 0.0703 e. The standard InChI is InChI=1S/C25H48P/c1-5-6-19-26(23-13-7-20(2)8-14-23,24-15-9-21(3)10-16-24)25-17-11-22(4)12-18-25/h20-25H,5-19H2,1-4H3/q+1. The van der Waals surface area contributed by atoms with Gasteiger partial charge in [0, 0.05) is 7.26 Å². The van der Waals surface area contributed by atoms with E-state index in [1.807, 2.05) is 0 Å². The topological polar surface area (TPSA) is 0 Å². The summed E-state index contributed by atoms with van der Waals surface area (Å²) in [4.78, 5) is 0. The van der Waals surface area contributed by atoms with Crippen LogP contribution in [0.15, 0.2) is 0 Å². The summed E-state index contributed by atoms with van der Waals surface area (Å²) in [6.07, 6.45) is 23.6. The van der Waals surface area contributed by atoms with Crippen LogP contribution in [0.2, 0.25) is 0 Å². The summed E-state index contributed by atoms with van der Waals surface area (Å²) in [6.45, 7) is 10.0. The minimum absolute atomic E-state index is 0.818. The molecule has 3 rings (SSSR count). The third-order valence-corrected chi connectivity index (χ3v) is 15.6. The first-order valence-corrected chi connectivity index (χ1v) is 14.6. The van der Waals surface area contributed by atoms with Crippen molar-refractivity contribution in [3.05, 3.63) is 0 Å². The molecule has 0 spiro atoms. The molecule has 152 valence electrons. The van der Waals surface area contributed by atoms with Gasteiger partial charge >= 0.3 is 0 Å². The maximum absolute atomic E-state index is 2.52. The minimum atomic E-state index is -0.818. The van der Waals surface area contributed by atoms with Gasteiger partial charge in [0.05, 0.1) is 23.1 Å². The van der Waals surface area contributed by atoms with Gasteiger partial charge in [0.25, 0.3) is 0 Å². The van der Waals surface area contributed by atoms with Crippen LogP contribution < -0.4 is 0 Å². The molecule has 0 amide bonds. The fourth-order valence-corrected chi connectivity index (χ4v) is 14.6. The molecule has 26 heavy (non-hydrogen) atoms. The fraction of sp³-hybridized carbons (Fsp3) is 1.00. The van der Waals surface area contributed by atoms with E-state index in [1.54, 1.807) is 83.2 Å². The van der Waals surface area contributed by atoms with Crippen LogP contribution >= 0.6 is 7.26 Å². The molecule has 0 aliphatic heterocycles. The third-order valence-electron chi connectivity index (χ3n) is 8.89. The van der Waals surface area contributed by atoms with Crippen LogP contribution in [-0.4, -0.2) is 23.1 Å². The van der Waals surface area contributed by atoms with Crippen molar-refractivity contribution in [3.8, 4) is 0 Å². The van der Waals surface area contributed by atoms with Gasteiger partial charge in [0.1, 0.15) is 0 Å². The Labute approximate surface area is 166 Å². The molecule has 3 aliphatic carbocycles. The maximum Gasteiger partial charge on any atom is 0.0703 e. The summed E-state index contributed by atoms with van der Waals surface area (Å²) < 4.78 is 0. The van der Waals surface area contributed by atoms with Crippen molar-refractivity contribution < 1.29 is 0 Å². The lowest BCUT2D eigenvalue weighted by Gasteiger charge is -2.50. The molecule has 0 N–H and O–H groups in total. The van der Waals surface area contributed by atoms with Crippen molar-refractivity contribution in [2.24, 2.45) is 17.8 Å². The monoisotopic (exact) mass is 379 g/mol. The first kappa shape index (κ1) is 21.1. The lowest BCUT2D eigenvalue weighted by molar-refractivity contribution is 0.351. The van der Waals surface area contributed by atoms with Crippen molar-refractivity contribution in [2.45, 2.75) is 135 Å². The highest BCUT2D eigenvalue weighted by Gasteiger charge is 2.57. The van der Waals surface area contributed by atoms with Gasteiger partial charge in [-0.3, -0.25) is 0 Å². The number of unbranched alkanes of at least 4 members (excludes halogenated alkanes) is 1. The third kappa shape index (κ3) is 4.70. The minimum Gasteiger partial charge on any atom is -0.0652 e. The number of hydrogen-bond acceptors (Lipinski definition) is 0. The van der Waals surface area contributed by atoms with Gasteiger partial charge in [-0.15, -0.1) is 0 Å². The zero-order chi connectivity index (χ0) is 18.6. The molecule has 0 saturated heterocycles. The van der Waals surface area contributed by atoms with Crippen LogP contribution in [0.25, 0.3) is 0 Å². The number of hydrogen-bond donors (Lipinski definition) is 0. The summed E-state index contributed by atoms with van der Waals surface area (Å²) in [6, 6.07) is 0. The van der Waals surface area contributed by atoms with E-state index >= 15 is 0 Å². The molecular weight excluding hydrogens is 331 g/mol. The van der Waals surface area contributed by atoms with Gasteiger partial charge in [0.15, 0.2) is 0 Å². The second kappa shape index (κ2) is 9.76. The summed E-state index contributed by atoms with van der Waals surface area (Å²) in [5, 5.41) is 0. The van der Waals surface area contributed by atoms with E-state index in [2.05, 4.69) is 27.7 Å². The van der Waals surface area contributed by atoms with Gasteiger partial charge in [-0.25, -0.2) is 0 Å². The zero-order valence-electron chi connectivity index (χ0n) is 18.5. The van der Waals surface area contributed by atoms with Gasteiger partial charge < -0.3 is 0 Å². The molecule has 0 heterocycles. The lowest BCUT2D eigenvalue weighted by Crippen LogP contribution is -2.39. The maximum atomic E-state index is 2.52. The molecule has 0 aromatic heterocycles. The molecule has 3 aliphatic rings. The lowest BCUT2D eigenvalue weighted by atomic mass is 9.89. The van der Waals surface area contributed by atoms with Crippen molar-refractivity contribution >= 4 is 7.26 Å². The van der Waals surface area contributed by atoms with Gasteiger partial charge in [-0.05, 0) is 101 Å². The highest BCUT2D eigenvalue weighted by molar-refractivity contribution is 7.77. The van der Waals surface area contributed by atoms with Crippen molar-refractivity contribution in [3.63, 3.8) is 0 Å². The van der Waals surface area contributed by atoms with Crippen molar-refractivity contribution in [2.75, 3.05) is 6.16 Å². The van der Waals surface area contributed by atoms with Crippen LogP contribution in [-0.2, 0) is 0 Å². The van der Waals surface area contributed by atoms with E-state index in [1.165, 1.54) is 29.8 Å². The molecule has 0 bridgehead atoms. The Morgan fingerprint density at radius 1 is 0.538 bits per heavy atom. The number of rotatable bonds is 6. The Hall–Kier alpha value is 0.430. The Kier molecular flexibility index (Phi) is 7.94. The molecule has 0 atom stereocenters. The highest BCUT2D eigenvalue weighted by Crippen LogP contribution is 2.77. The van der Waals surface area contributed by atoms with Gasteiger partial charge in [0.2, 0.25) is 0 Å². The predicted octanol–water partition coefficient (Wildman–Crippen LogP) is 8.54. The molecule has 3 fully saturated rings. The van der Waals surface area contributed by atoms with E-state index in [4.69, 9.17) is 0 Å². The first-order valence-electron chi connectivity index (χ1n) is 12.4. The SMILES string of the molecule is CCCC[P+](C1CCC(C)CC1)(C1CCC(C)CC1)C1CCC(C)CC1. The van der Waals surface area contributed by atoms with Crippen LogP contribution in [0.1, 0.15) is 118 Å². The fourth-order valence-electron chi connectivity index (χ4n) is 7.04. The Morgan fingerprint density at radius 3 is 1.12 bits per heavy atom. The van der Waals surface area contributed by atoms with Gasteiger partial charge in [-0.1, -0.05) is 34.1 Å². The molecular formula is C25H48P+. The van der Waals surface area contributed by atoms with Crippen LogP contribution in [0.4, 0.5) is 0 Å². The Bertz CT molecular complexity index is 337. The first-order chi connectivity index (χ1) is 12.6. The molecule has 0 aromatic carbocycles. The average Bonchev–Trinajstić information content (AvgIpc) is 2.66. The molecule has 0 nitrogen and oxygen atoms in total. The zero-order valence-corrected chi connectivity index (χ0v) is 19.4. The van der Waals surface area contributed by atoms with E-state index < -0.39 is 7.26 Å². The molecule has 0 aromatic rings. The van der Waals surface area contributed by atoms with Crippen LogP contribution in [0, 0.1) is 17.8 Å². The quantitative estimate of drug-likeness (QED) is 0.405. The molecule has 3 saturated carbocycles. The van der Waals surface area contributed by atoms with Crippen molar-refractivity contribution in [1.29, 1.82) is 0 Å². The van der Waals surface area contributed by atoms with Gasteiger partial charge in [-0.2, -0.15) is 0 Å². The van der Waals surface area contributed by atoms with E-state index in [-0.39, 0.29) is 0 Å².